The summed E-state index contributed by atoms with van der Waals surface area (Å²) in [7, 11) is 0. The van der Waals surface area contributed by atoms with Gasteiger partial charge in [-0.3, -0.25) is 0 Å². The molecular weight excluding hydrogens is 228 g/mol. The molecule has 1 aromatic heterocycles. The van der Waals surface area contributed by atoms with Gasteiger partial charge in [0.2, 0.25) is 0 Å². The summed E-state index contributed by atoms with van der Waals surface area (Å²) in [6.45, 7) is 4.90. The molecule has 1 heterocycles. The second kappa shape index (κ2) is 5.69. The van der Waals surface area contributed by atoms with E-state index in [0.29, 0.717) is 13.2 Å². The van der Waals surface area contributed by atoms with Crippen LogP contribution in [0.4, 0.5) is 0 Å². The van der Waals surface area contributed by atoms with Gasteiger partial charge in [0.05, 0.1) is 11.3 Å². The molecule has 0 aliphatic rings. The summed E-state index contributed by atoms with van der Waals surface area (Å²) in [5.41, 5.74) is 8.61. The molecule has 2 rings (SSSR count). The molecule has 18 heavy (non-hydrogen) atoms. The summed E-state index contributed by atoms with van der Waals surface area (Å²) >= 11 is 0. The molecule has 2 N–H and O–H groups in total. The Hall–Kier alpha value is -1.81. The van der Waals surface area contributed by atoms with Gasteiger partial charge in [-0.05, 0) is 38.4 Å². The van der Waals surface area contributed by atoms with E-state index in [2.05, 4.69) is 5.16 Å². The van der Waals surface area contributed by atoms with Gasteiger partial charge < -0.3 is 15.0 Å². The summed E-state index contributed by atoms with van der Waals surface area (Å²) in [5, 5.41) is 3.91. The number of hydrogen-bond acceptors (Lipinski definition) is 4. The van der Waals surface area contributed by atoms with Crippen LogP contribution in [0.25, 0.3) is 0 Å². The Morgan fingerprint density at radius 3 is 2.72 bits per heavy atom. The lowest BCUT2D eigenvalue weighted by Gasteiger charge is -2.10. The Morgan fingerprint density at radius 2 is 2.06 bits per heavy atom. The van der Waals surface area contributed by atoms with Crippen molar-refractivity contribution >= 4 is 0 Å². The van der Waals surface area contributed by atoms with Gasteiger partial charge in [-0.15, -0.1) is 0 Å². The zero-order chi connectivity index (χ0) is 13.0. The lowest BCUT2D eigenvalue weighted by molar-refractivity contribution is 0.298. The van der Waals surface area contributed by atoms with Crippen LogP contribution in [0.3, 0.4) is 0 Å². The van der Waals surface area contributed by atoms with E-state index in [9.17, 15) is 0 Å². The number of nitrogens with two attached hydrogens (primary N) is 1. The minimum Gasteiger partial charge on any atom is -0.488 e. The van der Waals surface area contributed by atoms with Crippen LogP contribution < -0.4 is 10.5 Å². The summed E-state index contributed by atoms with van der Waals surface area (Å²) in [6.07, 6.45) is 0.817. The maximum absolute atomic E-state index is 5.84. The van der Waals surface area contributed by atoms with Crippen molar-refractivity contribution in [2.75, 3.05) is 6.54 Å². The van der Waals surface area contributed by atoms with E-state index in [1.54, 1.807) is 0 Å². The zero-order valence-corrected chi connectivity index (χ0v) is 10.8. The highest BCUT2D eigenvalue weighted by molar-refractivity contribution is 5.34. The predicted octanol–water partition coefficient (Wildman–Crippen LogP) is 2.37. The predicted molar refractivity (Wildman–Crippen MR) is 69.5 cm³/mol. The minimum atomic E-state index is 0.475. The van der Waals surface area contributed by atoms with Gasteiger partial charge in [0.1, 0.15) is 18.1 Å². The Balaban J connectivity index is 2.11. The molecule has 0 atom stereocenters. The molecule has 2 aromatic rings. The van der Waals surface area contributed by atoms with Crippen molar-refractivity contribution in [3.8, 4) is 5.75 Å². The number of nitrogens with zero attached hydrogens (tertiary/aromatic N) is 1. The highest BCUT2D eigenvalue weighted by atomic mass is 16.5. The van der Waals surface area contributed by atoms with E-state index in [0.717, 1.165) is 34.8 Å². The van der Waals surface area contributed by atoms with Crippen molar-refractivity contribution in [2.45, 2.75) is 26.9 Å². The van der Waals surface area contributed by atoms with Crippen LogP contribution >= 0.6 is 0 Å². The first kappa shape index (κ1) is 12.6. The SMILES string of the molecule is Cc1noc(C)c1COc1ccccc1CCN. The van der Waals surface area contributed by atoms with E-state index < -0.39 is 0 Å². The molecule has 0 radical (unpaired) electrons. The standard InChI is InChI=1S/C14H18N2O2/c1-10-13(11(2)18-16-10)9-17-14-6-4-3-5-12(14)7-8-15/h3-6H,7-9,15H2,1-2H3. The van der Waals surface area contributed by atoms with Gasteiger partial charge in [0.15, 0.2) is 0 Å². The average molecular weight is 246 g/mol. The van der Waals surface area contributed by atoms with Crippen LogP contribution in [0.15, 0.2) is 28.8 Å². The van der Waals surface area contributed by atoms with E-state index in [1.165, 1.54) is 0 Å². The van der Waals surface area contributed by atoms with Crippen LogP contribution in [0.1, 0.15) is 22.6 Å². The molecule has 0 aliphatic heterocycles. The van der Waals surface area contributed by atoms with Crippen molar-refractivity contribution in [2.24, 2.45) is 5.73 Å². The third-order valence-electron chi connectivity index (χ3n) is 2.94. The fraction of sp³-hybridized carbons (Fsp3) is 0.357. The second-order valence-corrected chi connectivity index (χ2v) is 4.24. The van der Waals surface area contributed by atoms with Crippen LogP contribution in [-0.4, -0.2) is 11.7 Å². The van der Waals surface area contributed by atoms with E-state index in [4.69, 9.17) is 15.0 Å². The quantitative estimate of drug-likeness (QED) is 0.879. The van der Waals surface area contributed by atoms with E-state index >= 15 is 0 Å². The Morgan fingerprint density at radius 1 is 1.28 bits per heavy atom. The van der Waals surface area contributed by atoms with Gasteiger partial charge in [0, 0.05) is 0 Å². The monoisotopic (exact) mass is 246 g/mol. The summed E-state index contributed by atoms with van der Waals surface area (Å²) in [5.74, 6) is 1.69. The summed E-state index contributed by atoms with van der Waals surface area (Å²) < 4.78 is 11.0. The maximum atomic E-state index is 5.84. The highest BCUT2D eigenvalue weighted by Gasteiger charge is 2.10. The van der Waals surface area contributed by atoms with Crippen LogP contribution in [0.2, 0.25) is 0 Å². The minimum absolute atomic E-state index is 0.475. The van der Waals surface area contributed by atoms with Crippen molar-refractivity contribution in [1.29, 1.82) is 0 Å². The molecule has 96 valence electrons. The number of para-hydroxylation sites is 1. The molecule has 0 aliphatic carbocycles. The van der Waals surface area contributed by atoms with Gasteiger partial charge in [0.25, 0.3) is 0 Å². The zero-order valence-electron chi connectivity index (χ0n) is 10.8. The number of aromatic nitrogens is 1. The normalized spacial score (nSPS) is 10.6. The number of benzene rings is 1. The number of rotatable bonds is 5. The van der Waals surface area contributed by atoms with Crippen molar-refractivity contribution < 1.29 is 9.26 Å². The third-order valence-corrected chi connectivity index (χ3v) is 2.94. The molecule has 0 amide bonds. The fourth-order valence-corrected chi connectivity index (χ4v) is 1.86. The van der Waals surface area contributed by atoms with Gasteiger partial charge >= 0.3 is 0 Å². The maximum Gasteiger partial charge on any atom is 0.140 e. The van der Waals surface area contributed by atoms with Crippen molar-refractivity contribution in [3.63, 3.8) is 0 Å². The Labute approximate surface area is 107 Å². The van der Waals surface area contributed by atoms with E-state index in [-0.39, 0.29) is 0 Å². The first-order valence-corrected chi connectivity index (χ1v) is 6.05. The average Bonchev–Trinajstić information content (AvgIpc) is 2.69. The molecule has 4 heteroatoms. The molecule has 1 aromatic carbocycles. The molecule has 0 spiro atoms. The number of ether oxygens (including phenoxy) is 1. The van der Waals surface area contributed by atoms with E-state index in [1.807, 2.05) is 38.1 Å². The van der Waals surface area contributed by atoms with Gasteiger partial charge in [-0.2, -0.15) is 0 Å². The second-order valence-electron chi connectivity index (χ2n) is 4.24. The van der Waals surface area contributed by atoms with Crippen molar-refractivity contribution in [1.82, 2.24) is 5.16 Å². The van der Waals surface area contributed by atoms with Crippen molar-refractivity contribution in [3.05, 3.63) is 46.8 Å². The fourth-order valence-electron chi connectivity index (χ4n) is 1.86. The molecule has 0 unspecified atom stereocenters. The Kier molecular flexibility index (Phi) is 3.99. The third kappa shape index (κ3) is 2.71. The number of hydrogen-bond donors (Lipinski definition) is 1. The lowest BCUT2D eigenvalue weighted by atomic mass is 10.1. The lowest BCUT2D eigenvalue weighted by Crippen LogP contribution is -2.05. The first-order chi connectivity index (χ1) is 8.72. The smallest absolute Gasteiger partial charge is 0.140 e. The first-order valence-electron chi connectivity index (χ1n) is 6.05. The van der Waals surface area contributed by atoms with Crippen LogP contribution in [0, 0.1) is 13.8 Å². The van der Waals surface area contributed by atoms with Gasteiger partial charge in [-0.25, -0.2) is 0 Å². The number of aryl methyl sites for hydroxylation is 2. The molecule has 4 nitrogen and oxygen atoms in total. The molecule has 0 fully saturated rings. The molecular formula is C14H18N2O2. The molecule has 0 bridgehead atoms. The highest BCUT2D eigenvalue weighted by Crippen LogP contribution is 2.21. The summed E-state index contributed by atoms with van der Waals surface area (Å²) in [6, 6.07) is 7.95. The Bertz CT molecular complexity index is 501. The van der Waals surface area contributed by atoms with Crippen LogP contribution in [0.5, 0.6) is 5.75 Å². The topological polar surface area (TPSA) is 61.3 Å². The summed E-state index contributed by atoms with van der Waals surface area (Å²) in [4.78, 5) is 0. The molecule has 0 saturated carbocycles. The van der Waals surface area contributed by atoms with Crippen LogP contribution in [-0.2, 0) is 13.0 Å². The molecule has 0 saturated heterocycles. The largest absolute Gasteiger partial charge is 0.488 e. The van der Waals surface area contributed by atoms with Gasteiger partial charge in [-0.1, -0.05) is 23.4 Å².